The number of allylic oxidation sites excluding steroid dienone is 2. The Morgan fingerprint density at radius 1 is 0.667 bits per heavy atom. The normalized spacial score (nSPS) is 10.2. The zero-order chi connectivity index (χ0) is 13.1. The number of rotatable bonds is 2. The summed E-state index contributed by atoms with van der Waals surface area (Å²) in [7, 11) is 0. The highest BCUT2D eigenvalue weighted by Gasteiger charge is 1.96. The molecular weight excluding hydrogens is 216 g/mol. The first-order chi connectivity index (χ1) is 8.54. The summed E-state index contributed by atoms with van der Waals surface area (Å²) in [6.07, 6.45) is 4.42. The van der Waals surface area contributed by atoms with Crippen LogP contribution in [0.2, 0.25) is 0 Å². The van der Waals surface area contributed by atoms with E-state index in [-0.39, 0.29) is 0 Å². The molecule has 2 aromatic carbocycles. The van der Waals surface area contributed by atoms with E-state index in [1.54, 1.807) is 0 Å². The van der Waals surface area contributed by atoms with E-state index in [0.29, 0.717) is 0 Å². The van der Waals surface area contributed by atoms with Gasteiger partial charge in [-0.1, -0.05) is 47.6 Å². The van der Waals surface area contributed by atoms with Crippen molar-refractivity contribution in [3.05, 3.63) is 58.7 Å². The number of fused-ring (bicyclic) bond motifs is 1. The van der Waals surface area contributed by atoms with Crippen LogP contribution in [0, 0.1) is 0 Å². The lowest BCUT2D eigenvalue weighted by Gasteiger charge is -2.03. The summed E-state index contributed by atoms with van der Waals surface area (Å²) in [5.74, 6) is 0. The molecule has 92 valence electrons. The van der Waals surface area contributed by atoms with E-state index in [1.165, 1.54) is 33.0 Å². The molecule has 0 aliphatic carbocycles. The van der Waals surface area contributed by atoms with E-state index >= 15 is 0 Å². The summed E-state index contributed by atoms with van der Waals surface area (Å²) < 4.78 is 0. The standard InChI is InChI=1S/C18H20/c1-13(2)9-15-5-7-18-12-16(10-14(3)4)6-8-17(18)11-15/h5-12H,1-4H3. The third-order valence-electron chi connectivity index (χ3n) is 2.80. The van der Waals surface area contributed by atoms with Gasteiger partial charge in [-0.25, -0.2) is 0 Å². The Balaban J connectivity index is 2.48. The average Bonchev–Trinajstić information content (AvgIpc) is 2.27. The van der Waals surface area contributed by atoms with Crippen LogP contribution in [0.1, 0.15) is 38.8 Å². The summed E-state index contributed by atoms with van der Waals surface area (Å²) in [4.78, 5) is 0. The van der Waals surface area contributed by atoms with Crippen molar-refractivity contribution < 1.29 is 0 Å². The molecule has 0 heterocycles. The Labute approximate surface area is 110 Å². The SMILES string of the molecule is CC(C)=Cc1ccc2cc(C=C(C)C)ccc2c1. The molecule has 0 aliphatic rings. The van der Waals surface area contributed by atoms with Gasteiger partial charge < -0.3 is 0 Å². The van der Waals surface area contributed by atoms with Gasteiger partial charge >= 0.3 is 0 Å². The first kappa shape index (κ1) is 12.6. The van der Waals surface area contributed by atoms with E-state index in [2.05, 4.69) is 76.2 Å². The molecule has 0 saturated heterocycles. The van der Waals surface area contributed by atoms with Gasteiger partial charge in [-0.2, -0.15) is 0 Å². The fourth-order valence-corrected chi connectivity index (χ4v) is 2.13. The summed E-state index contributed by atoms with van der Waals surface area (Å²) >= 11 is 0. The van der Waals surface area contributed by atoms with Crippen LogP contribution in [0.5, 0.6) is 0 Å². The van der Waals surface area contributed by atoms with Crippen LogP contribution in [0.25, 0.3) is 22.9 Å². The minimum atomic E-state index is 1.28. The Morgan fingerprint density at radius 2 is 1.06 bits per heavy atom. The second-order valence-electron chi connectivity index (χ2n) is 5.31. The molecule has 18 heavy (non-hydrogen) atoms. The van der Waals surface area contributed by atoms with Crippen LogP contribution in [-0.2, 0) is 0 Å². The third-order valence-corrected chi connectivity index (χ3v) is 2.80. The van der Waals surface area contributed by atoms with E-state index in [1.807, 2.05) is 0 Å². The maximum Gasteiger partial charge on any atom is -0.0178 e. The summed E-state index contributed by atoms with van der Waals surface area (Å²) in [5.41, 5.74) is 5.21. The molecule has 0 aromatic heterocycles. The van der Waals surface area contributed by atoms with Crippen molar-refractivity contribution in [3.63, 3.8) is 0 Å². The average molecular weight is 236 g/mol. The molecule has 0 heteroatoms. The number of hydrogen-bond acceptors (Lipinski definition) is 0. The Bertz CT molecular complexity index is 562. The maximum atomic E-state index is 2.24. The van der Waals surface area contributed by atoms with Crippen molar-refractivity contribution in [1.82, 2.24) is 0 Å². The van der Waals surface area contributed by atoms with Gasteiger partial charge in [-0.05, 0) is 61.7 Å². The van der Waals surface area contributed by atoms with E-state index in [4.69, 9.17) is 0 Å². The molecule has 0 unspecified atom stereocenters. The second kappa shape index (κ2) is 5.22. The monoisotopic (exact) mass is 236 g/mol. The minimum absolute atomic E-state index is 1.28. The van der Waals surface area contributed by atoms with E-state index in [0.717, 1.165) is 0 Å². The summed E-state index contributed by atoms with van der Waals surface area (Å²) in [6.45, 7) is 8.51. The van der Waals surface area contributed by atoms with Crippen LogP contribution < -0.4 is 0 Å². The predicted molar refractivity (Wildman–Crippen MR) is 82.6 cm³/mol. The molecule has 0 fully saturated rings. The molecule has 0 amide bonds. The van der Waals surface area contributed by atoms with Gasteiger partial charge in [-0.3, -0.25) is 0 Å². The lowest BCUT2D eigenvalue weighted by atomic mass is 10.0. The van der Waals surface area contributed by atoms with Crippen molar-refractivity contribution >= 4 is 22.9 Å². The van der Waals surface area contributed by atoms with Gasteiger partial charge in [0.1, 0.15) is 0 Å². The van der Waals surface area contributed by atoms with Crippen LogP contribution in [-0.4, -0.2) is 0 Å². The van der Waals surface area contributed by atoms with Gasteiger partial charge in [-0.15, -0.1) is 0 Å². The van der Waals surface area contributed by atoms with Crippen LogP contribution in [0.15, 0.2) is 47.5 Å². The van der Waals surface area contributed by atoms with Crippen molar-refractivity contribution in [2.24, 2.45) is 0 Å². The maximum absolute atomic E-state index is 2.24. The summed E-state index contributed by atoms with van der Waals surface area (Å²) in [5, 5.41) is 2.60. The van der Waals surface area contributed by atoms with Gasteiger partial charge in [0.25, 0.3) is 0 Å². The topological polar surface area (TPSA) is 0 Å². The first-order valence-corrected chi connectivity index (χ1v) is 6.38. The Kier molecular flexibility index (Phi) is 3.66. The van der Waals surface area contributed by atoms with Crippen LogP contribution >= 0.6 is 0 Å². The molecule has 0 saturated carbocycles. The van der Waals surface area contributed by atoms with Crippen LogP contribution in [0.3, 0.4) is 0 Å². The highest BCUT2D eigenvalue weighted by molar-refractivity contribution is 5.87. The van der Waals surface area contributed by atoms with Crippen LogP contribution in [0.4, 0.5) is 0 Å². The van der Waals surface area contributed by atoms with Gasteiger partial charge in [0.15, 0.2) is 0 Å². The Hall–Kier alpha value is -1.82. The fourth-order valence-electron chi connectivity index (χ4n) is 2.13. The minimum Gasteiger partial charge on any atom is -0.0758 e. The molecule has 0 N–H and O–H groups in total. The molecule has 0 atom stereocenters. The molecule has 0 radical (unpaired) electrons. The van der Waals surface area contributed by atoms with Crippen molar-refractivity contribution in [2.75, 3.05) is 0 Å². The number of hydrogen-bond donors (Lipinski definition) is 0. The largest absolute Gasteiger partial charge is 0.0758 e. The third kappa shape index (κ3) is 3.10. The zero-order valence-corrected chi connectivity index (χ0v) is 11.6. The van der Waals surface area contributed by atoms with Crippen molar-refractivity contribution in [1.29, 1.82) is 0 Å². The summed E-state index contributed by atoms with van der Waals surface area (Å²) in [6, 6.07) is 13.3. The fraction of sp³-hybridized carbons (Fsp3) is 0.222. The molecule has 0 spiro atoms. The molecule has 0 aliphatic heterocycles. The highest BCUT2D eigenvalue weighted by atomic mass is 14.0. The number of benzene rings is 2. The lowest BCUT2D eigenvalue weighted by molar-refractivity contribution is 1.42. The van der Waals surface area contributed by atoms with Gasteiger partial charge in [0.2, 0.25) is 0 Å². The van der Waals surface area contributed by atoms with Gasteiger partial charge in [0.05, 0.1) is 0 Å². The molecule has 2 aromatic rings. The molecule has 0 nitrogen and oxygen atoms in total. The molecule has 0 bridgehead atoms. The van der Waals surface area contributed by atoms with E-state index < -0.39 is 0 Å². The molecular formula is C18H20. The van der Waals surface area contributed by atoms with Gasteiger partial charge in [0, 0.05) is 0 Å². The first-order valence-electron chi connectivity index (χ1n) is 6.38. The highest BCUT2D eigenvalue weighted by Crippen LogP contribution is 2.20. The quantitative estimate of drug-likeness (QED) is 0.628. The smallest absolute Gasteiger partial charge is 0.0178 e. The van der Waals surface area contributed by atoms with Crippen molar-refractivity contribution in [2.45, 2.75) is 27.7 Å². The van der Waals surface area contributed by atoms with E-state index in [9.17, 15) is 0 Å². The van der Waals surface area contributed by atoms with Crippen molar-refractivity contribution in [3.8, 4) is 0 Å². The Morgan fingerprint density at radius 3 is 1.39 bits per heavy atom. The lowest BCUT2D eigenvalue weighted by Crippen LogP contribution is -1.79. The predicted octanol–water partition coefficient (Wildman–Crippen LogP) is 5.69. The molecule has 2 rings (SSSR count). The second-order valence-corrected chi connectivity index (χ2v) is 5.31. The zero-order valence-electron chi connectivity index (χ0n) is 11.6.